The van der Waals surface area contributed by atoms with Gasteiger partial charge in [-0.25, -0.2) is 4.39 Å². The third-order valence-corrected chi connectivity index (χ3v) is 8.53. The lowest BCUT2D eigenvalue weighted by molar-refractivity contribution is -0.124. The highest BCUT2D eigenvalue weighted by Crippen LogP contribution is 2.49. The Kier molecular flexibility index (Phi) is 6.13. The molecule has 0 unspecified atom stereocenters. The molecule has 6 rings (SSSR count). The zero-order chi connectivity index (χ0) is 26.6. The van der Waals surface area contributed by atoms with Crippen LogP contribution >= 0.6 is 11.6 Å². The molecule has 8 nitrogen and oxygen atoms in total. The van der Waals surface area contributed by atoms with Crippen LogP contribution in [0.2, 0.25) is 5.02 Å². The van der Waals surface area contributed by atoms with Gasteiger partial charge in [-0.05, 0) is 62.3 Å². The molecular weight excluding hydrogens is 507 g/mol. The monoisotopic (exact) mass is 536 g/mol. The number of pyridine rings is 1. The normalized spacial score (nSPS) is 21.9. The minimum atomic E-state index is -0.646. The van der Waals surface area contributed by atoms with Gasteiger partial charge in [-0.15, -0.1) is 0 Å². The minimum absolute atomic E-state index is 0.0533. The van der Waals surface area contributed by atoms with Crippen LogP contribution in [-0.2, 0) is 17.3 Å². The van der Waals surface area contributed by atoms with Gasteiger partial charge in [0.15, 0.2) is 0 Å². The van der Waals surface area contributed by atoms with E-state index >= 15 is 0 Å². The highest BCUT2D eigenvalue weighted by atomic mass is 35.5. The summed E-state index contributed by atoms with van der Waals surface area (Å²) in [6, 6.07) is 6.44. The Bertz CT molecular complexity index is 1410. The van der Waals surface area contributed by atoms with E-state index in [-0.39, 0.29) is 29.6 Å². The fourth-order valence-corrected chi connectivity index (χ4v) is 6.37. The van der Waals surface area contributed by atoms with Gasteiger partial charge in [0.25, 0.3) is 5.91 Å². The first kappa shape index (κ1) is 24.9. The molecule has 198 valence electrons. The van der Waals surface area contributed by atoms with Crippen LogP contribution < -0.4 is 15.1 Å². The average molecular weight is 537 g/mol. The van der Waals surface area contributed by atoms with Crippen molar-refractivity contribution in [1.82, 2.24) is 20.1 Å². The van der Waals surface area contributed by atoms with E-state index in [9.17, 15) is 14.0 Å². The number of carbonyl (C=O) groups is 2. The Balaban J connectivity index is 1.12. The van der Waals surface area contributed by atoms with Gasteiger partial charge in [0.1, 0.15) is 11.2 Å². The number of rotatable bonds is 5. The molecule has 1 saturated heterocycles. The smallest absolute Gasteiger partial charge is 0.253 e. The molecule has 0 radical (unpaired) electrons. The van der Waals surface area contributed by atoms with Gasteiger partial charge in [0, 0.05) is 45.1 Å². The van der Waals surface area contributed by atoms with E-state index in [1.807, 2.05) is 18.1 Å². The average Bonchev–Trinajstić information content (AvgIpc) is 3.39. The molecule has 3 aliphatic rings. The minimum Gasteiger partial charge on any atom is -0.366 e. The highest BCUT2D eigenvalue weighted by molar-refractivity contribution is 6.30. The summed E-state index contributed by atoms with van der Waals surface area (Å²) in [5, 5.41) is 7.80. The molecule has 1 spiro atoms. The lowest BCUT2D eigenvalue weighted by Crippen LogP contribution is -2.64. The number of nitrogens with zero attached hydrogens (tertiary/aromatic N) is 5. The first-order chi connectivity index (χ1) is 18.2. The Labute approximate surface area is 225 Å². The van der Waals surface area contributed by atoms with E-state index < -0.39 is 5.41 Å². The number of amides is 2. The summed E-state index contributed by atoms with van der Waals surface area (Å²) in [5.74, 6) is -0.163. The molecule has 0 bridgehead atoms. The predicted octanol–water partition coefficient (Wildman–Crippen LogP) is 4.01. The molecular formula is C28H30ClFN6O2. The Hall–Kier alpha value is -3.46. The SMILES string of the molecule is Cc1ncc(Cl)cc1C(=O)NC1CCC(CN2C(=O)C3(CN(c4cnn(C)c4)C3)c3ccc(F)cc32)CC1. The third kappa shape index (κ3) is 4.22. The number of hydrogen-bond acceptors (Lipinski definition) is 5. The van der Waals surface area contributed by atoms with Gasteiger partial charge in [-0.2, -0.15) is 5.10 Å². The second kappa shape index (κ2) is 9.38. The van der Waals surface area contributed by atoms with Crippen molar-refractivity contribution in [3.8, 4) is 0 Å². The summed E-state index contributed by atoms with van der Waals surface area (Å²) < 4.78 is 16.1. The summed E-state index contributed by atoms with van der Waals surface area (Å²) in [5.41, 5.74) is 3.08. The van der Waals surface area contributed by atoms with Crippen LogP contribution in [0.1, 0.15) is 47.3 Å². The maximum Gasteiger partial charge on any atom is 0.253 e. The van der Waals surface area contributed by atoms with Gasteiger partial charge in [0.2, 0.25) is 5.91 Å². The number of benzene rings is 1. The fraction of sp³-hybridized carbons (Fsp3) is 0.429. The van der Waals surface area contributed by atoms with Gasteiger partial charge in [-0.3, -0.25) is 19.3 Å². The Morgan fingerprint density at radius 2 is 1.95 bits per heavy atom. The maximum absolute atomic E-state index is 14.3. The number of aromatic nitrogens is 3. The van der Waals surface area contributed by atoms with E-state index in [0.717, 1.165) is 36.9 Å². The van der Waals surface area contributed by atoms with Gasteiger partial charge >= 0.3 is 0 Å². The summed E-state index contributed by atoms with van der Waals surface area (Å²) in [6.45, 7) is 3.47. The van der Waals surface area contributed by atoms with Crippen LogP contribution in [0.3, 0.4) is 0 Å². The first-order valence-electron chi connectivity index (χ1n) is 13.0. The molecule has 10 heteroatoms. The Morgan fingerprint density at radius 3 is 2.66 bits per heavy atom. The Morgan fingerprint density at radius 1 is 1.18 bits per heavy atom. The van der Waals surface area contributed by atoms with Crippen LogP contribution in [-0.4, -0.2) is 52.3 Å². The van der Waals surface area contributed by atoms with Crippen LogP contribution in [0.15, 0.2) is 42.9 Å². The van der Waals surface area contributed by atoms with Gasteiger partial charge in [-0.1, -0.05) is 17.7 Å². The summed E-state index contributed by atoms with van der Waals surface area (Å²) >= 11 is 6.03. The number of aryl methyl sites for hydroxylation is 2. The van der Waals surface area contributed by atoms with Crippen LogP contribution in [0.25, 0.3) is 0 Å². The first-order valence-corrected chi connectivity index (χ1v) is 13.4. The van der Waals surface area contributed by atoms with E-state index in [1.54, 1.807) is 29.9 Å². The zero-order valence-electron chi connectivity index (χ0n) is 21.5. The van der Waals surface area contributed by atoms with E-state index in [0.29, 0.717) is 41.6 Å². The lowest BCUT2D eigenvalue weighted by atomic mass is 9.74. The van der Waals surface area contributed by atoms with Gasteiger partial charge < -0.3 is 15.1 Å². The van der Waals surface area contributed by atoms with Crippen molar-refractivity contribution in [1.29, 1.82) is 0 Å². The van der Waals surface area contributed by atoms with Crippen molar-refractivity contribution in [3.63, 3.8) is 0 Å². The van der Waals surface area contributed by atoms with E-state index in [1.165, 1.54) is 18.3 Å². The number of hydrogen-bond donors (Lipinski definition) is 1. The largest absolute Gasteiger partial charge is 0.366 e. The van der Waals surface area contributed by atoms with E-state index in [4.69, 9.17) is 11.6 Å². The third-order valence-electron chi connectivity index (χ3n) is 8.32. The van der Waals surface area contributed by atoms with Crippen molar-refractivity contribution in [3.05, 3.63) is 70.5 Å². The number of fused-ring (bicyclic) bond motifs is 2. The van der Waals surface area contributed by atoms with Crippen LogP contribution in [0.5, 0.6) is 0 Å². The van der Waals surface area contributed by atoms with Crippen LogP contribution in [0.4, 0.5) is 15.8 Å². The molecule has 0 atom stereocenters. The molecule has 1 N–H and O–H groups in total. The number of halogens is 2. The molecule has 4 heterocycles. The molecule has 1 saturated carbocycles. The molecule has 2 fully saturated rings. The van der Waals surface area contributed by atoms with Crippen LogP contribution in [0, 0.1) is 18.7 Å². The highest BCUT2D eigenvalue weighted by Gasteiger charge is 2.58. The van der Waals surface area contributed by atoms with Crippen molar-refractivity contribution in [2.45, 2.75) is 44.1 Å². The summed E-state index contributed by atoms with van der Waals surface area (Å²) in [7, 11) is 1.87. The molecule has 2 aromatic heterocycles. The molecule has 3 aromatic rings. The quantitative estimate of drug-likeness (QED) is 0.533. The van der Waals surface area contributed by atoms with Crippen molar-refractivity contribution in [2.24, 2.45) is 13.0 Å². The molecule has 38 heavy (non-hydrogen) atoms. The van der Waals surface area contributed by atoms with Crippen molar-refractivity contribution >= 4 is 34.8 Å². The molecule has 1 aliphatic carbocycles. The number of nitrogens with one attached hydrogen (secondary N) is 1. The van der Waals surface area contributed by atoms with Crippen molar-refractivity contribution in [2.75, 3.05) is 29.4 Å². The number of anilines is 2. The van der Waals surface area contributed by atoms with Crippen molar-refractivity contribution < 1.29 is 14.0 Å². The second-order valence-electron chi connectivity index (χ2n) is 10.9. The maximum atomic E-state index is 14.3. The predicted molar refractivity (Wildman–Crippen MR) is 143 cm³/mol. The second-order valence-corrected chi connectivity index (χ2v) is 11.3. The number of carbonyl (C=O) groups excluding carboxylic acids is 2. The zero-order valence-corrected chi connectivity index (χ0v) is 22.2. The topological polar surface area (TPSA) is 83.4 Å². The lowest BCUT2D eigenvalue weighted by Gasteiger charge is -2.47. The molecule has 2 aliphatic heterocycles. The van der Waals surface area contributed by atoms with E-state index in [2.05, 4.69) is 20.3 Å². The molecule has 1 aromatic carbocycles. The molecule has 2 amide bonds. The fourth-order valence-electron chi connectivity index (χ4n) is 6.21. The summed E-state index contributed by atoms with van der Waals surface area (Å²) in [6.07, 6.45) is 8.67. The standard InChI is InChI=1S/C28H30ClFN6O2/c1-17-23(9-19(29)11-31-17)26(37)33-21-6-3-18(4-7-21)13-36-25-10-20(30)5-8-24(25)28(27(36)38)15-35(16-28)22-12-32-34(2)14-22/h5,8-12,14,18,21H,3-4,6-7,13,15-16H2,1-2H3,(H,33,37). The van der Waals surface area contributed by atoms with Gasteiger partial charge in [0.05, 0.1) is 33.9 Å². The summed E-state index contributed by atoms with van der Waals surface area (Å²) in [4.78, 5) is 34.8.